The minimum Gasteiger partial charge on any atom is -0.378 e. The van der Waals surface area contributed by atoms with Crippen LogP contribution in [-0.2, 0) is 19.4 Å². The van der Waals surface area contributed by atoms with Gasteiger partial charge in [0.05, 0.1) is 24.2 Å². The summed E-state index contributed by atoms with van der Waals surface area (Å²) in [4.78, 5) is 12.9. The Morgan fingerprint density at radius 1 is 1.19 bits per heavy atom. The van der Waals surface area contributed by atoms with Crippen LogP contribution in [-0.4, -0.2) is 46.4 Å². The molecule has 0 aromatic heterocycles. The maximum absolute atomic E-state index is 12.6. The van der Waals surface area contributed by atoms with E-state index >= 15 is 0 Å². The Balaban J connectivity index is 1.85. The zero-order valence-electron chi connectivity index (χ0n) is 15.2. The van der Waals surface area contributed by atoms with Gasteiger partial charge in [0, 0.05) is 25.3 Å². The molecule has 0 saturated carbocycles. The molecule has 0 bridgehead atoms. The average molecular weight is 388 g/mol. The lowest BCUT2D eigenvalue weighted by Gasteiger charge is -2.25. The molecule has 1 fully saturated rings. The normalized spacial score (nSPS) is 18.6. The van der Waals surface area contributed by atoms with Crippen molar-refractivity contribution < 1.29 is 17.9 Å². The molecule has 2 aromatic rings. The summed E-state index contributed by atoms with van der Waals surface area (Å²) in [5.74, 6) is -0.114. The van der Waals surface area contributed by atoms with E-state index in [2.05, 4.69) is 10.6 Å². The van der Waals surface area contributed by atoms with Crippen LogP contribution in [0.15, 0.2) is 59.5 Å². The fraction of sp³-hybridized carbons (Fsp3) is 0.350. The number of rotatable bonds is 6. The Hall–Kier alpha value is -2.22. The molecule has 2 aromatic carbocycles. The molecule has 1 aliphatic rings. The molecule has 0 radical (unpaired) electrons. The lowest BCUT2D eigenvalue weighted by molar-refractivity contribution is -0.122. The second-order valence-electron chi connectivity index (χ2n) is 6.69. The molecule has 1 saturated heterocycles. The smallest absolute Gasteiger partial charge is 0.222 e. The number of ether oxygens (including phenoxy) is 1. The first-order valence-corrected chi connectivity index (χ1v) is 10.8. The van der Waals surface area contributed by atoms with E-state index < -0.39 is 15.9 Å². The van der Waals surface area contributed by atoms with Gasteiger partial charge in [-0.05, 0) is 23.3 Å². The van der Waals surface area contributed by atoms with Gasteiger partial charge in [-0.15, -0.1) is 0 Å². The van der Waals surface area contributed by atoms with Gasteiger partial charge in [-0.3, -0.25) is 4.79 Å². The first-order chi connectivity index (χ1) is 12.9. The number of nitrogens with one attached hydrogen (secondary N) is 2. The lowest BCUT2D eigenvalue weighted by Crippen LogP contribution is -2.44. The van der Waals surface area contributed by atoms with Crippen LogP contribution in [0, 0.1) is 0 Å². The number of hydrogen-bond acceptors (Lipinski definition) is 5. The topological polar surface area (TPSA) is 84.5 Å². The maximum Gasteiger partial charge on any atom is 0.222 e. The molecule has 0 spiro atoms. The molecular weight excluding hydrogens is 364 g/mol. The van der Waals surface area contributed by atoms with Crippen molar-refractivity contribution in [2.75, 3.05) is 26.0 Å². The van der Waals surface area contributed by atoms with Gasteiger partial charge in [-0.2, -0.15) is 0 Å². The van der Waals surface area contributed by atoms with E-state index in [1.807, 2.05) is 36.4 Å². The van der Waals surface area contributed by atoms with Gasteiger partial charge in [0.1, 0.15) is 0 Å². The van der Waals surface area contributed by atoms with Crippen molar-refractivity contribution in [2.45, 2.75) is 23.4 Å². The van der Waals surface area contributed by atoms with E-state index in [4.69, 9.17) is 4.74 Å². The predicted molar refractivity (Wildman–Crippen MR) is 103 cm³/mol. The first-order valence-electron chi connectivity index (χ1n) is 8.89. The molecule has 27 heavy (non-hydrogen) atoms. The molecule has 3 rings (SSSR count). The minimum atomic E-state index is -3.33. The Morgan fingerprint density at radius 3 is 2.59 bits per heavy atom. The third-order valence-corrected chi connectivity index (χ3v) is 5.60. The molecule has 6 nitrogen and oxygen atoms in total. The Bertz CT molecular complexity index is 878. The van der Waals surface area contributed by atoms with E-state index in [-0.39, 0.29) is 16.8 Å². The van der Waals surface area contributed by atoms with Crippen LogP contribution >= 0.6 is 0 Å². The van der Waals surface area contributed by atoms with Crippen LogP contribution in [0.25, 0.3) is 0 Å². The van der Waals surface area contributed by atoms with Gasteiger partial charge in [0.25, 0.3) is 0 Å². The molecule has 1 amide bonds. The van der Waals surface area contributed by atoms with Gasteiger partial charge in [0.15, 0.2) is 9.84 Å². The van der Waals surface area contributed by atoms with Gasteiger partial charge < -0.3 is 15.4 Å². The molecule has 7 heteroatoms. The monoisotopic (exact) mass is 388 g/mol. The number of carbonyl (C=O) groups excluding carboxylic acids is 1. The van der Waals surface area contributed by atoms with E-state index in [9.17, 15) is 13.2 Å². The van der Waals surface area contributed by atoms with Gasteiger partial charge in [-0.1, -0.05) is 42.5 Å². The second kappa shape index (κ2) is 8.65. The number of amides is 1. The first kappa shape index (κ1) is 19.5. The predicted octanol–water partition coefficient (Wildman–Crippen LogP) is 1.67. The van der Waals surface area contributed by atoms with Gasteiger partial charge in [-0.25, -0.2) is 8.42 Å². The third-order valence-electron chi connectivity index (χ3n) is 4.49. The van der Waals surface area contributed by atoms with E-state index in [0.717, 1.165) is 17.7 Å². The van der Waals surface area contributed by atoms with Crippen LogP contribution in [0.3, 0.4) is 0 Å². The van der Waals surface area contributed by atoms with Crippen molar-refractivity contribution in [1.82, 2.24) is 10.6 Å². The molecule has 144 valence electrons. The fourth-order valence-corrected chi connectivity index (χ4v) is 3.80. The molecule has 1 heterocycles. The quantitative estimate of drug-likeness (QED) is 0.787. The molecule has 1 aliphatic heterocycles. The molecule has 2 atom stereocenters. The zero-order chi connectivity index (χ0) is 19.3. The SMILES string of the molecule is CS(=O)(=O)c1cccc(C(NC(=O)CC2COCCN2)c2ccccc2)c1. The van der Waals surface area contributed by atoms with Crippen molar-refractivity contribution in [3.05, 3.63) is 65.7 Å². The lowest BCUT2D eigenvalue weighted by atomic mass is 9.98. The maximum atomic E-state index is 12.6. The van der Waals surface area contributed by atoms with E-state index in [0.29, 0.717) is 19.6 Å². The highest BCUT2D eigenvalue weighted by atomic mass is 32.2. The molecule has 2 N–H and O–H groups in total. The van der Waals surface area contributed by atoms with Crippen LogP contribution in [0.4, 0.5) is 0 Å². The van der Waals surface area contributed by atoms with Crippen molar-refractivity contribution in [3.8, 4) is 0 Å². The second-order valence-corrected chi connectivity index (χ2v) is 8.70. The summed E-state index contributed by atoms with van der Waals surface area (Å²) in [7, 11) is -3.33. The summed E-state index contributed by atoms with van der Waals surface area (Å²) in [6.45, 7) is 1.90. The van der Waals surface area contributed by atoms with Crippen LogP contribution in [0.2, 0.25) is 0 Å². The van der Waals surface area contributed by atoms with Gasteiger partial charge >= 0.3 is 0 Å². The van der Waals surface area contributed by atoms with Crippen molar-refractivity contribution in [3.63, 3.8) is 0 Å². The summed E-state index contributed by atoms with van der Waals surface area (Å²) in [5.41, 5.74) is 1.62. The molecular formula is C20H24N2O4S. The fourth-order valence-electron chi connectivity index (χ4n) is 3.12. The highest BCUT2D eigenvalue weighted by Gasteiger charge is 2.22. The van der Waals surface area contributed by atoms with Crippen molar-refractivity contribution in [2.24, 2.45) is 0 Å². The summed E-state index contributed by atoms with van der Waals surface area (Å²) < 4.78 is 29.2. The standard InChI is InChI=1S/C20H24N2O4S/c1-27(24,25)18-9-5-8-16(12-18)20(15-6-3-2-4-7-15)22-19(23)13-17-14-26-11-10-21-17/h2-9,12,17,20-21H,10-11,13-14H2,1H3,(H,22,23). The summed E-state index contributed by atoms with van der Waals surface area (Å²) in [6.07, 6.45) is 1.48. The highest BCUT2D eigenvalue weighted by molar-refractivity contribution is 7.90. The largest absolute Gasteiger partial charge is 0.378 e. The zero-order valence-corrected chi connectivity index (χ0v) is 16.0. The summed E-state index contributed by atoms with van der Waals surface area (Å²) in [6, 6.07) is 15.8. The number of carbonyl (C=O) groups is 1. The number of sulfone groups is 1. The minimum absolute atomic E-state index is 0.0162. The van der Waals surface area contributed by atoms with Crippen LogP contribution < -0.4 is 10.6 Å². The Kier molecular flexibility index (Phi) is 6.26. The number of morpholine rings is 1. The summed E-state index contributed by atoms with van der Waals surface area (Å²) in [5, 5.41) is 6.31. The summed E-state index contributed by atoms with van der Waals surface area (Å²) >= 11 is 0. The Morgan fingerprint density at radius 2 is 1.93 bits per heavy atom. The molecule has 2 unspecified atom stereocenters. The van der Waals surface area contributed by atoms with Crippen molar-refractivity contribution in [1.29, 1.82) is 0 Å². The number of benzene rings is 2. The average Bonchev–Trinajstić information content (AvgIpc) is 2.67. The Labute approximate surface area is 159 Å². The van der Waals surface area contributed by atoms with Gasteiger partial charge in [0.2, 0.25) is 5.91 Å². The van der Waals surface area contributed by atoms with Crippen LogP contribution in [0.5, 0.6) is 0 Å². The molecule has 0 aliphatic carbocycles. The highest BCUT2D eigenvalue weighted by Crippen LogP contribution is 2.24. The van der Waals surface area contributed by atoms with E-state index in [1.165, 1.54) is 6.26 Å². The van der Waals surface area contributed by atoms with Crippen molar-refractivity contribution >= 4 is 15.7 Å². The third kappa shape index (κ3) is 5.38. The van der Waals surface area contributed by atoms with Crippen LogP contribution in [0.1, 0.15) is 23.6 Å². The van der Waals surface area contributed by atoms with E-state index in [1.54, 1.807) is 18.2 Å². The number of hydrogen-bond donors (Lipinski definition) is 2.